The lowest BCUT2D eigenvalue weighted by molar-refractivity contribution is 0.0953. The highest BCUT2D eigenvalue weighted by atomic mass is 32.1. The predicted molar refractivity (Wildman–Crippen MR) is 77.9 cm³/mol. The molecule has 0 aliphatic carbocycles. The number of hydrogen-bond donors (Lipinski definition) is 1. The van der Waals surface area contributed by atoms with Crippen molar-refractivity contribution in [1.29, 1.82) is 0 Å². The van der Waals surface area contributed by atoms with Gasteiger partial charge < -0.3 is 9.84 Å². The number of carbonyl (C=O) groups excluding carboxylic acids is 1. The first-order chi connectivity index (χ1) is 10.3. The number of rotatable bonds is 5. The molecule has 6 nitrogen and oxygen atoms in total. The van der Waals surface area contributed by atoms with Crippen LogP contribution in [0.1, 0.15) is 16.2 Å². The molecule has 0 radical (unpaired) electrons. The van der Waals surface area contributed by atoms with Gasteiger partial charge in [0.2, 0.25) is 11.7 Å². The highest BCUT2D eigenvalue weighted by Crippen LogP contribution is 2.21. The van der Waals surface area contributed by atoms with Gasteiger partial charge in [0.05, 0.1) is 4.88 Å². The molecule has 0 saturated heterocycles. The third-order valence-electron chi connectivity index (χ3n) is 2.78. The van der Waals surface area contributed by atoms with E-state index in [9.17, 15) is 4.79 Å². The van der Waals surface area contributed by atoms with Crippen LogP contribution in [0.3, 0.4) is 0 Å². The first-order valence-electron chi connectivity index (χ1n) is 6.37. The quantitative estimate of drug-likeness (QED) is 0.781. The van der Waals surface area contributed by atoms with Crippen LogP contribution >= 0.6 is 11.3 Å². The Kier molecular flexibility index (Phi) is 4.02. The summed E-state index contributed by atoms with van der Waals surface area (Å²) in [7, 11) is 0. The number of pyridine rings is 1. The maximum atomic E-state index is 11.8. The molecule has 3 heterocycles. The second-order valence-corrected chi connectivity index (χ2v) is 5.18. The van der Waals surface area contributed by atoms with Gasteiger partial charge in [0.1, 0.15) is 0 Å². The minimum absolute atomic E-state index is 0.143. The van der Waals surface area contributed by atoms with Crippen LogP contribution in [0.25, 0.3) is 10.7 Å². The van der Waals surface area contributed by atoms with Crippen molar-refractivity contribution < 1.29 is 9.32 Å². The molecule has 0 saturated carbocycles. The largest absolute Gasteiger partial charge is 0.352 e. The Morgan fingerprint density at radius 3 is 2.90 bits per heavy atom. The lowest BCUT2D eigenvalue weighted by Gasteiger charge is -2.02. The normalized spacial score (nSPS) is 10.5. The Balaban J connectivity index is 1.53. The maximum absolute atomic E-state index is 11.8. The molecule has 0 bridgehead atoms. The molecule has 0 aromatic carbocycles. The molecule has 0 aliphatic rings. The molecule has 0 unspecified atom stereocenters. The number of nitrogens with zero attached hydrogens (tertiary/aromatic N) is 3. The van der Waals surface area contributed by atoms with Crippen molar-refractivity contribution in [3.05, 3.63) is 53.5 Å². The van der Waals surface area contributed by atoms with E-state index in [1.54, 1.807) is 35.9 Å². The van der Waals surface area contributed by atoms with Crippen molar-refractivity contribution in [2.45, 2.75) is 6.42 Å². The highest BCUT2D eigenvalue weighted by molar-refractivity contribution is 7.13. The van der Waals surface area contributed by atoms with Gasteiger partial charge in [-0.1, -0.05) is 11.2 Å². The SMILES string of the molecule is O=C(NCCc1nc(-c2cccs2)no1)c1ccncc1. The number of aromatic nitrogens is 3. The van der Waals surface area contributed by atoms with Gasteiger partial charge in [0.15, 0.2) is 0 Å². The van der Waals surface area contributed by atoms with Gasteiger partial charge in [0, 0.05) is 30.9 Å². The van der Waals surface area contributed by atoms with Crippen LogP contribution < -0.4 is 5.32 Å². The molecule has 21 heavy (non-hydrogen) atoms. The van der Waals surface area contributed by atoms with E-state index >= 15 is 0 Å². The monoisotopic (exact) mass is 300 g/mol. The van der Waals surface area contributed by atoms with Crippen LogP contribution in [0, 0.1) is 0 Å². The Hall–Kier alpha value is -2.54. The van der Waals surface area contributed by atoms with E-state index in [1.807, 2.05) is 17.5 Å². The molecule has 1 amide bonds. The van der Waals surface area contributed by atoms with E-state index in [4.69, 9.17) is 4.52 Å². The smallest absolute Gasteiger partial charge is 0.251 e. The van der Waals surface area contributed by atoms with E-state index in [0.717, 1.165) is 4.88 Å². The average Bonchev–Trinajstić information content (AvgIpc) is 3.19. The Morgan fingerprint density at radius 1 is 1.29 bits per heavy atom. The fourth-order valence-electron chi connectivity index (χ4n) is 1.75. The molecular weight excluding hydrogens is 288 g/mol. The first-order valence-corrected chi connectivity index (χ1v) is 7.25. The van der Waals surface area contributed by atoms with Crippen LogP contribution in [0.5, 0.6) is 0 Å². The summed E-state index contributed by atoms with van der Waals surface area (Å²) < 4.78 is 5.16. The predicted octanol–water partition coefficient (Wildman–Crippen LogP) is 2.17. The van der Waals surface area contributed by atoms with Crippen molar-refractivity contribution in [3.8, 4) is 10.7 Å². The van der Waals surface area contributed by atoms with Crippen molar-refractivity contribution >= 4 is 17.2 Å². The first kappa shape index (κ1) is 13.4. The zero-order chi connectivity index (χ0) is 14.5. The van der Waals surface area contributed by atoms with Crippen molar-refractivity contribution in [2.24, 2.45) is 0 Å². The second kappa shape index (κ2) is 6.27. The summed E-state index contributed by atoms with van der Waals surface area (Å²) in [5.74, 6) is 0.948. The molecule has 3 aromatic heterocycles. The van der Waals surface area contributed by atoms with Gasteiger partial charge in [-0.3, -0.25) is 9.78 Å². The topological polar surface area (TPSA) is 80.9 Å². The van der Waals surface area contributed by atoms with Gasteiger partial charge in [0.25, 0.3) is 5.91 Å². The molecule has 0 fully saturated rings. The molecule has 3 rings (SSSR count). The minimum atomic E-state index is -0.143. The number of nitrogens with one attached hydrogen (secondary N) is 1. The summed E-state index contributed by atoms with van der Waals surface area (Å²) in [6.45, 7) is 0.438. The van der Waals surface area contributed by atoms with Gasteiger partial charge in [-0.15, -0.1) is 11.3 Å². The summed E-state index contributed by atoms with van der Waals surface area (Å²) in [5, 5.41) is 8.68. The van der Waals surface area contributed by atoms with Gasteiger partial charge >= 0.3 is 0 Å². The van der Waals surface area contributed by atoms with Crippen molar-refractivity contribution in [3.63, 3.8) is 0 Å². The molecule has 0 atom stereocenters. The number of carbonyl (C=O) groups is 1. The molecule has 0 spiro atoms. The van der Waals surface area contributed by atoms with Crippen LogP contribution in [0.4, 0.5) is 0 Å². The number of hydrogen-bond acceptors (Lipinski definition) is 6. The maximum Gasteiger partial charge on any atom is 0.251 e. The highest BCUT2D eigenvalue weighted by Gasteiger charge is 2.10. The summed E-state index contributed by atoms with van der Waals surface area (Å²) in [4.78, 5) is 21.0. The summed E-state index contributed by atoms with van der Waals surface area (Å²) >= 11 is 1.55. The molecule has 1 N–H and O–H groups in total. The van der Waals surface area contributed by atoms with E-state index in [0.29, 0.717) is 30.2 Å². The fraction of sp³-hybridized carbons (Fsp3) is 0.143. The molecule has 106 valence electrons. The number of thiophene rings is 1. The minimum Gasteiger partial charge on any atom is -0.352 e. The number of amides is 1. The third-order valence-corrected chi connectivity index (χ3v) is 3.64. The Labute approximate surface area is 124 Å². The van der Waals surface area contributed by atoms with Crippen LogP contribution in [0.15, 0.2) is 46.6 Å². The van der Waals surface area contributed by atoms with Gasteiger partial charge in [-0.05, 0) is 23.6 Å². The van der Waals surface area contributed by atoms with Crippen LogP contribution in [0.2, 0.25) is 0 Å². The van der Waals surface area contributed by atoms with Gasteiger partial charge in [-0.2, -0.15) is 4.98 Å². The Morgan fingerprint density at radius 2 is 2.14 bits per heavy atom. The van der Waals surface area contributed by atoms with Gasteiger partial charge in [-0.25, -0.2) is 0 Å². The zero-order valence-electron chi connectivity index (χ0n) is 11.0. The lowest BCUT2D eigenvalue weighted by atomic mass is 10.2. The van der Waals surface area contributed by atoms with E-state index in [1.165, 1.54) is 0 Å². The average molecular weight is 300 g/mol. The molecular formula is C14H12N4O2S. The Bertz CT molecular complexity index is 710. The summed E-state index contributed by atoms with van der Waals surface area (Å²) in [6, 6.07) is 7.20. The molecule has 3 aromatic rings. The van der Waals surface area contributed by atoms with E-state index < -0.39 is 0 Å². The van der Waals surface area contributed by atoms with Crippen molar-refractivity contribution in [1.82, 2.24) is 20.4 Å². The summed E-state index contributed by atoms with van der Waals surface area (Å²) in [6.07, 6.45) is 3.66. The molecule has 0 aliphatic heterocycles. The second-order valence-electron chi connectivity index (χ2n) is 4.23. The standard InChI is InChI=1S/C14H12N4O2S/c19-14(10-3-6-15-7-4-10)16-8-5-12-17-13(18-20-12)11-2-1-9-21-11/h1-4,6-7,9H,5,8H2,(H,16,19). The van der Waals surface area contributed by atoms with Crippen molar-refractivity contribution in [2.75, 3.05) is 6.54 Å². The van der Waals surface area contributed by atoms with Crippen LogP contribution in [-0.2, 0) is 6.42 Å². The van der Waals surface area contributed by atoms with E-state index in [2.05, 4.69) is 20.4 Å². The third kappa shape index (κ3) is 3.32. The molecule has 7 heteroatoms. The van der Waals surface area contributed by atoms with E-state index in [-0.39, 0.29) is 5.91 Å². The van der Waals surface area contributed by atoms with Crippen LogP contribution in [-0.4, -0.2) is 27.6 Å². The lowest BCUT2D eigenvalue weighted by Crippen LogP contribution is -2.25. The summed E-state index contributed by atoms with van der Waals surface area (Å²) in [5.41, 5.74) is 0.579. The zero-order valence-corrected chi connectivity index (χ0v) is 11.8. The fourth-order valence-corrected chi connectivity index (χ4v) is 2.40.